The minimum Gasteiger partial charge on any atom is -0.395 e. The third-order valence-electron chi connectivity index (χ3n) is 6.22. The normalized spacial score (nSPS) is 17.5. The molecule has 0 saturated carbocycles. The summed E-state index contributed by atoms with van der Waals surface area (Å²) in [6, 6.07) is 12.0. The number of amides is 2. The maximum atomic E-state index is 14.0. The van der Waals surface area contributed by atoms with Gasteiger partial charge in [0.1, 0.15) is 5.54 Å². The third kappa shape index (κ3) is 5.50. The molecule has 1 aliphatic rings. The van der Waals surface area contributed by atoms with Gasteiger partial charge in [-0.3, -0.25) is 14.2 Å². The average molecular weight is 591 g/mol. The number of benzene rings is 2. The second-order valence-electron chi connectivity index (χ2n) is 9.12. The largest absolute Gasteiger partial charge is 0.395 e. The lowest BCUT2D eigenvalue weighted by Crippen LogP contribution is -2.47. The topological polar surface area (TPSA) is 157 Å². The quantitative estimate of drug-likeness (QED) is 0.345. The Hall–Kier alpha value is -3.47. The number of aliphatic hydroxyl groups excluding tert-OH is 1. The number of imidazole rings is 1. The van der Waals surface area contributed by atoms with Gasteiger partial charge in [0.2, 0.25) is 11.9 Å². The molecule has 0 fully saturated rings. The molecule has 14 heteroatoms. The molecule has 1 aliphatic heterocycles. The molecule has 1 aromatic heterocycles. The summed E-state index contributed by atoms with van der Waals surface area (Å²) in [5, 5.41) is 20.7. The number of carbonyl (C=O) groups is 2. The van der Waals surface area contributed by atoms with Crippen LogP contribution in [0.25, 0.3) is 0 Å². The number of fused-ring (bicyclic) bond motifs is 1. The molecular weight excluding hydrogens is 567 g/mol. The van der Waals surface area contributed by atoms with Gasteiger partial charge >= 0.3 is 0 Å². The second-order valence-corrected chi connectivity index (χ2v) is 11.7. The van der Waals surface area contributed by atoms with E-state index in [1.807, 2.05) is 6.07 Å². The minimum absolute atomic E-state index is 0.0206. The molecule has 39 heavy (non-hydrogen) atoms. The lowest BCUT2D eigenvalue weighted by atomic mass is 9.91. The molecule has 2 atom stereocenters. The summed E-state index contributed by atoms with van der Waals surface area (Å²) in [7, 11) is -4.38. The molecule has 0 spiro atoms. The second kappa shape index (κ2) is 11.0. The van der Waals surface area contributed by atoms with Gasteiger partial charge in [-0.25, -0.2) is 18.3 Å². The Morgan fingerprint density at radius 3 is 2.44 bits per heavy atom. The first-order valence-corrected chi connectivity index (χ1v) is 13.9. The molecule has 0 saturated heterocycles. The first kappa shape index (κ1) is 28.5. The van der Waals surface area contributed by atoms with E-state index in [0.717, 1.165) is 6.20 Å². The number of anilines is 2. The molecule has 2 heterocycles. The maximum absolute atomic E-state index is 14.0. The van der Waals surface area contributed by atoms with Gasteiger partial charge in [0.15, 0.2) is 5.03 Å². The van der Waals surface area contributed by atoms with Crippen LogP contribution in [0.15, 0.2) is 53.7 Å². The van der Waals surface area contributed by atoms with E-state index in [-0.39, 0.29) is 40.6 Å². The molecule has 3 aromatic rings. The number of carbonyl (C=O) groups excluding carboxylic acids is 2. The Morgan fingerprint density at radius 2 is 1.85 bits per heavy atom. The number of hydrogen-bond acceptors (Lipinski definition) is 7. The number of nitrogens with zero attached hydrogens (tertiary/aromatic N) is 4. The zero-order valence-electron chi connectivity index (χ0n) is 20.9. The van der Waals surface area contributed by atoms with Crippen molar-refractivity contribution in [2.45, 2.75) is 36.9 Å². The minimum atomic E-state index is -4.38. The molecular formula is C25H24Cl2N6O5S. The lowest BCUT2D eigenvalue weighted by Gasteiger charge is -2.27. The number of nitriles is 1. The molecule has 0 radical (unpaired) electrons. The van der Waals surface area contributed by atoms with Crippen LogP contribution in [-0.4, -0.2) is 54.1 Å². The number of rotatable bonds is 9. The summed E-state index contributed by atoms with van der Waals surface area (Å²) >= 11 is 12.4. The highest BCUT2D eigenvalue weighted by atomic mass is 35.5. The van der Waals surface area contributed by atoms with E-state index in [2.05, 4.69) is 15.0 Å². The number of halogens is 2. The summed E-state index contributed by atoms with van der Waals surface area (Å²) in [5.41, 5.74) is -0.0902. The summed E-state index contributed by atoms with van der Waals surface area (Å²) in [6.07, 6.45) is 1.17. The maximum Gasteiger partial charge on any atom is 0.260 e. The van der Waals surface area contributed by atoms with E-state index < -0.39 is 33.4 Å². The van der Waals surface area contributed by atoms with Crippen molar-refractivity contribution in [2.75, 3.05) is 18.1 Å². The fraction of sp³-hybridized carbons (Fsp3) is 0.280. The highest BCUT2D eigenvalue weighted by molar-refractivity contribution is 7.89. The van der Waals surface area contributed by atoms with Crippen molar-refractivity contribution in [3.63, 3.8) is 0 Å². The van der Waals surface area contributed by atoms with Crippen molar-refractivity contribution >= 4 is 56.7 Å². The summed E-state index contributed by atoms with van der Waals surface area (Å²) in [4.78, 5) is 31.9. The third-order valence-corrected chi connectivity index (χ3v) is 8.16. The predicted octanol–water partition coefficient (Wildman–Crippen LogP) is 2.47. The van der Waals surface area contributed by atoms with Crippen LogP contribution in [0, 0.1) is 11.3 Å². The fourth-order valence-electron chi connectivity index (χ4n) is 4.39. The molecule has 2 unspecified atom stereocenters. The van der Waals surface area contributed by atoms with Crippen molar-refractivity contribution in [2.24, 2.45) is 0 Å². The van der Waals surface area contributed by atoms with E-state index in [9.17, 15) is 18.0 Å². The van der Waals surface area contributed by atoms with Gasteiger partial charge in [0.25, 0.3) is 15.9 Å². The number of aliphatic hydroxyl groups is 1. The van der Waals surface area contributed by atoms with Crippen LogP contribution < -0.4 is 14.9 Å². The van der Waals surface area contributed by atoms with Crippen LogP contribution in [0.5, 0.6) is 0 Å². The van der Waals surface area contributed by atoms with Crippen molar-refractivity contribution in [3.05, 3.63) is 69.8 Å². The summed E-state index contributed by atoms with van der Waals surface area (Å²) in [5.74, 6) is -1.11. The molecule has 2 aromatic carbocycles. The summed E-state index contributed by atoms with van der Waals surface area (Å²) in [6.45, 7) is 2.59. The van der Waals surface area contributed by atoms with Crippen molar-refractivity contribution < 1.29 is 23.1 Å². The Bertz CT molecular complexity index is 1560. The van der Waals surface area contributed by atoms with E-state index in [4.69, 9.17) is 33.6 Å². The van der Waals surface area contributed by atoms with Crippen molar-refractivity contribution in [1.29, 1.82) is 5.26 Å². The van der Waals surface area contributed by atoms with Crippen LogP contribution in [0.2, 0.25) is 10.0 Å². The van der Waals surface area contributed by atoms with Crippen LogP contribution in [0.4, 0.5) is 11.6 Å². The van der Waals surface area contributed by atoms with Crippen LogP contribution in [-0.2, 0) is 31.6 Å². The molecule has 11 nitrogen and oxygen atoms in total. The standard InChI is InChI=1S/C25H24Cl2N6O5S/c1-15(22(35)29-7-8-34)31-39(37,38)21-14-30-24-32(20-10-18(26)9-19(27)11-20)23(36)25(2,33(21)24)12-16-3-5-17(13-28)6-4-16/h3-6,9-11,14-15,31,34H,7-8,12H2,1-2H3,(H,29,35). The number of sulfonamides is 1. The SMILES string of the molecule is CC(NS(=O)(=O)c1cnc2n1C(C)(Cc1ccc(C#N)cc1)C(=O)N2c1cc(Cl)cc(Cl)c1)C(=O)NCCO. The molecule has 204 valence electrons. The first-order chi connectivity index (χ1) is 18.4. The van der Waals surface area contributed by atoms with Gasteiger partial charge in [-0.1, -0.05) is 35.3 Å². The fourth-order valence-corrected chi connectivity index (χ4v) is 6.32. The Morgan fingerprint density at radius 1 is 1.21 bits per heavy atom. The molecule has 4 rings (SSSR count). The smallest absolute Gasteiger partial charge is 0.260 e. The number of aromatic nitrogens is 2. The van der Waals surface area contributed by atoms with E-state index in [0.29, 0.717) is 16.8 Å². The van der Waals surface area contributed by atoms with Gasteiger partial charge in [0, 0.05) is 23.0 Å². The van der Waals surface area contributed by atoms with E-state index in [1.54, 1.807) is 31.2 Å². The lowest BCUT2D eigenvalue weighted by molar-refractivity contribution is -0.124. The van der Waals surface area contributed by atoms with Crippen LogP contribution in [0.1, 0.15) is 25.0 Å². The monoisotopic (exact) mass is 590 g/mol. The molecule has 2 amide bonds. The Balaban J connectivity index is 1.83. The van der Waals surface area contributed by atoms with Gasteiger partial charge in [-0.05, 0) is 49.7 Å². The van der Waals surface area contributed by atoms with Crippen molar-refractivity contribution in [1.82, 2.24) is 19.6 Å². The van der Waals surface area contributed by atoms with E-state index in [1.165, 1.54) is 34.6 Å². The Labute approximate surface area is 235 Å². The molecule has 0 bridgehead atoms. The van der Waals surface area contributed by atoms with E-state index >= 15 is 0 Å². The Kier molecular flexibility index (Phi) is 8.02. The predicted molar refractivity (Wildman–Crippen MR) is 144 cm³/mol. The highest BCUT2D eigenvalue weighted by Gasteiger charge is 2.52. The summed E-state index contributed by atoms with van der Waals surface area (Å²) < 4.78 is 30.6. The van der Waals surface area contributed by atoms with Gasteiger partial charge in [0.05, 0.1) is 36.2 Å². The van der Waals surface area contributed by atoms with Gasteiger partial charge in [-0.15, -0.1) is 0 Å². The van der Waals surface area contributed by atoms with Crippen molar-refractivity contribution in [3.8, 4) is 6.07 Å². The first-order valence-electron chi connectivity index (χ1n) is 11.7. The molecule has 0 aliphatic carbocycles. The number of hydrogen-bond donors (Lipinski definition) is 3. The van der Waals surface area contributed by atoms with Crippen LogP contribution >= 0.6 is 23.2 Å². The zero-order valence-corrected chi connectivity index (χ0v) is 23.2. The van der Waals surface area contributed by atoms with Gasteiger partial charge < -0.3 is 10.4 Å². The molecule has 3 N–H and O–H groups in total. The zero-order chi connectivity index (χ0) is 28.5. The van der Waals surface area contributed by atoms with Gasteiger partial charge in [-0.2, -0.15) is 9.98 Å². The highest BCUT2D eigenvalue weighted by Crippen LogP contribution is 2.44. The van der Waals surface area contributed by atoms with Crippen LogP contribution in [0.3, 0.4) is 0 Å². The number of nitrogens with one attached hydrogen (secondary N) is 2. The average Bonchev–Trinajstić information content (AvgIpc) is 3.40.